The van der Waals surface area contributed by atoms with Gasteiger partial charge in [-0.25, -0.2) is 0 Å². The Kier molecular flexibility index (Phi) is 2.34. The molecule has 0 aromatic heterocycles. The molecule has 2 rings (SSSR count). The van der Waals surface area contributed by atoms with E-state index in [1.807, 2.05) is 0 Å². The Morgan fingerprint density at radius 3 is 2.73 bits per heavy atom. The predicted molar refractivity (Wildman–Crippen MR) is 48.7 cm³/mol. The molecular weight excluding hydrogens is 207 g/mol. The molecule has 1 N–H and O–H groups in total. The van der Waals surface area contributed by atoms with Crippen molar-refractivity contribution in [3.05, 3.63) is 29.3 Å². The lowest BCUT2D eigenvalue weighted by Gasteiger charge is -2.09. The van der Waals surface area contributed by atoms with Crippen molar-refractivity contribution in [1.82, 2.24) is 5.32 Å². The summed E-state index contributed by atoms with van der Waals surface area (Å²) in [4.78, 5) is 0. The van der Waals surface area contributed by atoms with Crippen LogP contribution in [0.15, 0.2) is 18.2 Å². The van der Waals surface area contributed by atoms with Gasteiger partial charge < -0.3 is 10.1 Å². The maximum atomic E-state index is 12.4. The molecule has 1 atom stereocenters. The van der Waals surface area contributed by atoms with Gasteiger partial charge in [0.25, 0.3) is 0 Å². The van der Waals surface area contributed by atoms with Crippen molar-refractivity contribution in [2.45, 2.75) is 12.2 Å². The lowest BCUT2D eigenvalue weighted by atomic mass is 10.1. The standard InChI is InChI=1S/C10H10F3NO/c1-14-8-5-15-9-4-6(10(11,12)13)2-3-7(8)9/h2-4,8,14H,5H2,1H3/t8-/m1/s1. The van der Waals surface area contributed by atoms with Crippen LogP contribution in [0.25, 0.3) is 0 Å². The van der Waals surface area contributed by atoms with Crippen molar-refractivity contribution in [3.8, 4) is 5.75 Å². The molecule has 1 aromatic carbocycles. The molecule has 0 saturated carbocycles. The monoisotopic (exact) mass is 217 g/mol. The van der Waals surface area contributed by atoms with Crippen LogP contribution in [0, 0.1) is 0 Å². The van der Waals surface area contributed by atoms with Gasteiger partial charge >= 0.3 is 6.18 Å². The lowest BCUT2D eigenvalue weighted by molar-refractivity contribution is -0.137. The van der Waals surface area contributed by atoms with Crippen molar-refractivity contribution in [3.63, 3.8) is 0 Å². The fourth-order valence-corrected chi connectivity index (χ4v) is 1.63. The third-order valence-electron chi connectivity index (χ3n) is 2.47. The van der Waals surface area contributed by atoms with Gasteiger partial charge in [0.1, 0.15) is 12.4 Å². The second-order valence-corrected chi connectivity index (χ2v) is 3.40. The van der Waals surface area contributed by atoms with Gasteiger partial charge in [-0.05, 0) is 19.2 Å². The Morgan fingerprint density at radius 2 is 2.13 bits per heavy atom. The molecule has 0 amide bonds. The van der Waals surface area contributed by atoms with Gasteiger partial charge in [0.2, 0.25) is 0 Å². The van der Waals surface area contributed by atoms with Crippen LogP contribution in [0.2, 0.25) is 0 Å². The summed E-state index contributed by atoms with van der Waals surface area (Å²) >= 11 is 0. The first-order valence-corrected chi connectivity index (χ1v) is 4.53. The Balaban J connectivity index is 2.37. The average Bonchev–Trinajstić information content (AvgIpc) is 2.58. The Morgan fingerprint density at radius 1 is 1.40 bits per heavy atom. The normalized spacial score (nSPS) is 19.9. The van der Waals surface area contributed by atoms with E-state index in [0.29, 0.717) is 12.4 Å². The summed E-state index contributed by atoms with van der Waals surface area (Å²) in [5.74, 6) is 0.323. The molecule has 5 heteroatoms. The third-order valence-corrected chi connectivity index (χ3v) is 2.47. The molecule has 1 aliphatic heterocycles. The molecule has 1 heterocycles. The maximum absolute atomic E-state index is 12.4. The van der Waals surface area contributed by atoms with E-state index in [0.717, 1.165) is 17.7 Å². The fraction of sp³-hybridized carbons (Fsp3) is 0.400. The van der Waals surface area contributed by atoms with Crippen LogP contribution in [-0.4, -0.2) is 13.7 Å². The van der Waals surface area contributed by atoms with Crippen LogP contribution in [0.4, 0.5) is 13.2 Å². The van der Waals surface area contributed by atoms with Crippen LogP contribution in [0.3, 0.4) is 0 Å². The van der Waals surface area contributed by atoms with E-state index in [1.165, 1.54) is 6.07 Å². The molecule has 2 nitrogen and oxygen atoms in total. The molecule has 1 aromatic rings. The number of alkyl halides is 3. The number of hydrogen-bond acceptors (Lipinski definition) is 2. The summed E-state index contributed by atoms with van der Waals surface area (Å²) in [7, 11) is 1.75. The number of nitrogens with one attached hydrogen (secondary N) is 1. The van der Waals surface area contributed by atoms with Gasteiger partial charge in [-0.3, -0.25) is 0 Å². The van der Waals surface area contributed by atoms with E-state index in [1.54, 1.807) is 7.05 Å². The molecule has 0 bridgehead atoms. The first-order valence-electron chi connectivity index (χ1n) is 4.53. The third kappa shape index (κ3) is 1.79. The van der Waals surface area contributed by atoms with Crippen molar-refractivity contribution >= 4 is 0 Å². The van der Waals surface area contributed by atoms with Gasteiger partial charge in [-0.2, -0.15) is 13.2 Å². The zero-order chi connectivity index (χ0) is 11.1. The van der Waals surface area contributed by atoms with Gasteiger partial charge in [0.15, 0.2) is 0 Å². The van der Waals surface area contributed by atoms with Crippen LogP contribution in [-0.2, 0) is 6.18 Å². The van der Waals surface area contributed by atoms with Gasteiger partial charge in [0, 0.05) is 5.56 Å². The number of rotatable bonds is 1. The zero-order valence-corrected chi connectivity index (χ0v) is 8.06. The largest absolute Gasteiger partial charge is 0.491 e. The summed E-state index contributed by atoms with van der Waals surface area (Å²) < 4.78 is 42.3. The van der Waals surface area contributed by atoms with Gasteiger partial charge in [-0.15, -0.1) is 0 Å². The highest BCUT2D eigenvalue weighted by Gasteiger charge is 2.33. The summed E-state index contributed by atoms with van der Waals surface area (Å²) in [6, 6.07) is 3.58. The Bertz CT molecular complexity index is 375. The maximum Gasteiger partial charge on any atom is 0.416 e. The highest BCUT2D eigenvalue weighted by Crippen LogP contribution is 2.37. The second-order valence-electron chi connectivity index (χ2n) is 3.40. The molecule has 0 fully saturated rings. The van der Waals surface area contributed by atoms with E-state index in [-0.39, 0.29) is 6.04 Å². The van der Waals surface area contributed by atoms with E-state index in [9.17, 15) is 13.2 Å². The second kappa shape index (κ2) is 3.41. The highest BCUT2D eigenvalue weighted by atomic mass is 19.4. The van der Waals surface area contributed by atoms with Crippen molar-refractivity contribution in [2.75, 3.05) is 13.7 Å². The minimum Gasteiger partial charge on any atom is -0.491 e. The number of fused-ring (bicyclic) bond motifs is 1. The van der Waals surface area contributed by atoms with Crippen molar-refractivity contribution in [1.29, 1.82) is 0 Å². The fourth-order valence-electron chi connectivity index (χ4n) is 1.63. The highest BCUT2D eigenvalue weighted by molar-refractivity contribution is 5.43. The van der Waals surface area contributed by atoms with E-state index in [4.69, 9.17) is 4.74 Å². The number of likely N-dealkylation sites (N-methyl/N-ethyl adjacent to an activating group) is 1. The van der Waals surface area contributed by atoms with E-state index < -0.39 is 11.7 Å². The quantitative estimate of drug-likeness (QED) is 0.779. The summed E-state index contributed by atoms with van der Waals surface area (Å²) in [5.41, 5.74) is 0.114. The minimum atomic E-state index is -4.31. The van der Waals surface area contributed by atoms with Crippen molar-refractivity contribution < 1.29 is 17.9 Å². The van der Waals surface area contributed by atoms with Crippen LogP contribution < -0.4 is 10.1 Å². The van der Waals surface area contributed by atoms with E-state index >= 15 is 0 Å². The average molecular weight is 217 g/mol. The minimum absolute atomic E-state index is 0.0118. The Hall–Kier alpha value is -1.23. The number of halogens is 3. The van der Waals surface area contributed by atoms with Gasteiger partial charge in [-0.1, -0.05) is 6.07 Å². The first-order chi connectivity index (χ1) is 7.02. The predicted octanol–water partition coefficient (Wildman–Crippen LogP) is 2.36. The SMILES string of the molecule is CN[C@@H]1COc2cc(C(F)(F)F)ccc21. The molecule has 0 radical (unpaired) electrons. The zero-order valence-electron chi connectivity index (χ0n) is 8.06. The number of hydrogen-bond donors (Lipinski definition) is 1. The van der Waals surface area contributed by atoms with Crippen LogP contribution in [0.1, 0.15) is 17.2 Å². The van der Waals surface area contributed by atoms with Crippen molar-refractivity contribution in [2.24, 2.45) is 0 Å². The Labute approximate surface area is 85.0 Å². The summed E-state index contributed by atoms with van der Waals surface area (Å²) in [6.45, 7) is 0.382. The summed E-state index contributed by atoms with van der Waals surface area (Å²) in [6.07, 6.45) is -4.31. The lowest BCUT2D eigenvalue weighted by Crippen LogP contribution is -2.17. The molecule has 15 heavy (non-hydrogen) atoms. The topological polar surface area (TPSA) is 21.3 Å². The summed E-state index contributed by atoms with van der Waals surface area (Å²) in [5, 5.41) is 2.97. The smallest absolute Gasteiger partial charge is 0.416 e. The van der Waals surface area contributed by atoms with E-state index in [2.05, 4.69) is 5.32 Å². The molecule has 0 aliphatic carbocycles. The van der Waals surface area contributed by atoms with Crippen LogP contribution >= 0.6 is 0 Å². The molecule has 0 spiro atoms. The molecule has 0 unspecified atom stereocenters. The van der Waals surface area contributed by atoms with Crippen LogP contribution in [0.5, 0.6) is 5.75 Å². The number of ether oxygens (including phenoxy) is 1. The first kappa shape index (κ1) is 10.3. The molecule has 0 saturated heterocycles. The molecule has 1 aliphatic rings. The molecular formula is C10H10F3NO. The molecule has 82 valence electrons. The van der Waals surface area contributed by atoms with Gasteiger partial charge in [0.05, 0.1) is 11.6 Å². The number of benzene rings is 1.